The van der Waals surface area contributed by atoms with E-state index in [1.165, 1.54) is 11.6 Å². The molecule has 0 amide bonds. The van der Waals surface area contributed by atoms with Gasteiger partial charge in [0.25, 0.3) is 0 Å². The van der Waals surface area contributed by atoms with Crippen LogP contribution in [0.1, 0.15) is 36.5 Å². The van der Waals surface area contributed by atoms with Crippen molar-refractivity contribution in [2.45, 2.75) is 26.2 Å². The molecule has 0 fully saturated rings. The van der Waals surface area contributed by atoms with E-state index in [9.17, 15) is 13.2 Å². The van der Waals surface area contributed by atoms with Gasteiger partial charge in [-0.3, -0.25) is 0 Å². The van der Waals surface area contributed by atoms with E-state index in [-0.39, 0.29) is 11.1 Å². The third-order valence-electron chi connectivity index (χ3n) is 4.59. The Morgan fingerprint density at radius 1 is 0.833 bits per heavy atom. The molecule has 30 heavy (non-hydrogen) atoms. The molecule has 0 unspecified atom stereocenters. The average Bonchev–Trinajstić information content (AvgIpc) is 2.74. The number of nitrogens with zero attached hydrogens (tertiary/aromatic N) is 1. The molecule has 0 aliphatic heterocycles. The summed E-state index contributed by atoms with van der Waals surface area (Å²) in [5.41, 5.74) is 2.59. The number of rotatable bonds is 5. The molecule has 0 aromatic heterocycles. The van der Waals surface area contributed by atoms with E-state index in [0.29, 0.717) is 0 Å². The number of isothiocyanates is 1. The minimum atomic E-state index is -0.908. The standard InChI is InChI=1S/C25H18F3NS/c1-2-3-4-17-5-8-19(9-6-17)21-12-11-20(22(26)15-21)10-7-18-13-23(27)25(29-16-30)24(28)14-18/h5-6,8-9,11-15H,2-4H2,1H3. The van der Waals surface area contributed by atoms with Crippen molar-refractivity contribution in [1.82, 2.24) is 0 Å². The smallest absolute Gasteiger partial charge is 0.153 e. The summed E-state index contributed by atoms with van der Waals surface area (Å²) in [6.07, 6.45) is 3.30. The van der Waals surface area contributed by atoms with Gasteiger partial charge < -0.3 is 0 Å². The molecular weight excluding hydrogens is 403 g/mol. The highest BCUT2D eigenvalue weighted by molar-refractivity contribution is 7.78. The van der Waals surface area contributed by atoms with E-state index in [1.807, 2.05) is 17.3 Å². The molecular formula is C25H18F3NS. The molecule has 0 aliphatic rings. The Hall–Kier alpha value is -3.19. The largest absolute Gasteiger partial charge is 0.206 e. The van der Waals surface area contributed by atoms with Crippen LogP contribution in [-0.4, -0.2) is 5.16 Å². The van der Waals surface area contributed by atoms with Gasteiger partial charge in [-0.1, -0.05) is 55.5 Å². The molecule has 0 atom stereocenters. The van der Waals surface area contributed by atoms with Crippen molar-refractivity contribution < 1.29 is 13.2 Å². The summed E-state index contributed by atoms with van der Waals surface area (Å²) in [5, 5.41) is 1.92. The fourth-order valence-electron chi connectivity index (χ4n) is 2.97. The lowest BCUT2D eigenvalue weighted by atomic mass is 10.0. The third-order valence-corrected chi connectivity index (χ3v) is 4.68. The SMILES string of the molecule is CCCCc1ccc(-c2ccc(C#Cc3cc(F)c(N=C=S)c(F)c3)c(F)c2)cc1. The summed E-state index contributed by atoms with van der Waals surface area (Å²) in [6.45, 7) is 2.15. The topological polar surface area (TPSA) is 12.4 Å². The van der Waals surface area contributed by atoms with Crippen LogP contribution in [0.4, 0.5) is 18.9 Å². The molecule has 0 aliphatic carbocycles. The fraction of sp³-hybridized carbons (Fsp3) is 0.160. The molecule has 0 heterocycles. The van der Waals surface area contributed by atoms with Crippen molar-refractivity contribution in [3.63, 3.8) is 0 Å². The quantitative estimate of drug-likeness (QED) is 0.240. The molecule has 1 nitrogen and oxygen atoms in total. The van der Waals surface area contributed by atoms with Crippen LogP contribution >= 0.6 is 12.2 Å². The van der Waals surface area contributed by atoms with Crippen LogP contribution < -0.4 is 0 Å². The van der Waals surface area contributed by atoms with Crippen molar-refractivity contribution in [2.75, 3.05) is 0 Å². The van der Waals surface area contributed by atoms with Crippen LogP contribution in [0.15, 0.2) is 59.6 Å². The number of hydrogen-bond donors (Lipinski definition) is 0. The second-order valence-electron chi connectivity index (χ2n) is 6.74. The first-order chi connectivity index (χ1) is 14.5. The highest BCUT2D eigenvalue weighted by Crippen LogP contribution is 2.24. The average molecular weight is 421 g/mol. The Bertz CT molecular complexity index is 1140. The van der Waals surface area contributed by atoms with Gasteiger partial charge >= 0.3 is 0 Å². The summed E-state index contributed by atoms with van der Waals surface area (Å²) in [7, 11) is 0. The minimum Gasteiger partial charge on any atom is -0.206 e. The second-order valence-corrected chi connectivity index (χ2v) is 6.92. The van der Waals surface area contributed by atoms with Crippen molar-refractivity contribution in [2.24, 2.45) is 4.99 Å². The number of hydrogen-bond acceptors (Lipinski definition) is 2. The van der Waals surface area contributed by atoms with Crippen molar-refractivity contribution in [3.05, 3.63) is 88.7 Å². The normalized spacial score (nSPS) is 10.1. The highest BCUT2D eigenvalue weighted by atomic mass is 32.1. The number of aliphatic imine (C=N–C) groups is 1. The van der Waals surface area contributed by atoms with Gasteiger partial charge in [-0.2, -0.15) is 4.99 Å². The highest BCUT2D eigenvalue weighted by Gasteiger charge is 2.09. The zero-order chi connectivity index (χ0) is 21.5. The molecule has 3 aromatic carbocycles. The lowest BCUT2D eigenvalue weighted by molar-refractivity contribution is 0.587. The summed E-state index contributed by atoms with van der Waals surface area (Å²) < 4.78 is 42.3. The minimum absolute atomic E-state index is 0.0689. The Balaban J connectivity index is 1.83. The fourth-order valence-corrected chi connectivity index (χ4v) is 3.06. The maximum atomic E-state index is 14.5. The number of unbranched alkanes of at least 4 members (excludes halogenated alkanes) is 1. The van der Waals surface area contributed by atoms with Gasteiger partial charge in [0.1, 0.15) is 11.5 Å². The monoisotopic (exact) mass is 421 g/mol. The van der Waals surface area contributed by atoms with Crippen LogP contribution in [0.2, 0.25) is 0 Å². The predicted octanol–water partition coefficient (Wildman–Crippen LogP) is 7.25. The molecule has 0 N–H and O–H groups in total. The third kappa shape index (κ3) is 5.24. The number of benzene rings is 3. The molecule has 0 radical (unpaired) electrons. The molecule has 0 saturated heterocycles. The van der Waals surface area contributed by atoms with E-state index >= 15 is 0 Å². The number of aryl methyl sites for hydroxylation is 1. The number of thiocarbonyl (C=S) groups is 1. The van der Waals surface area contributed by atoms with E-state index in [4.69, 9.17) is 0 Å². The summed E-state index contributed by atoms with van der Waals surface area (Å²) >= 11 is 4.36. The summed E-state index contributed by atoms with van der Waals surface area (Å²) in [6, 6.07) is 14.8. The predicted molar refractivity (Wildman–Crippen MR) is 117 cm³/mol. The van der Waals surface area contributed by atoms with Crippen molar-refractivity contribution >= 4 is 23.1 Å². The van der Waals surface area contributed by atoms with Crippen LogP contribution in [-0.2, 0) is 6.42 Å². The van der Waals surface area contributed by atoms with Gasteiger partial charge in [0, 0.05) is 5.56 Å². The zero-order valence-electron chi connectivity index (χ0n) is 16.3. The van der Waals surface area contributed by atoms with E-state index < -0.39 is 23.1 Å². The van der Waals surface area contributed by atoms with Crippen molar-refractivity contribution in [3.8, 4) is 23.0 Å². The Morgan fingerprint density at radius 3 is 2.10 bits per heavy atom. The van der Waals surface area contributed by atoms with Crippen LogP contribution in [0.5, 0.6) is 0 Å². The van der Waals surface area contributed by atoms with Gasteiger partial charge in [0.2, 0.25) is 0 Å². The molecule has 0 saturated carbocycles. The maximum absolute atomic E-state index is 14.5. The van der Waals surface area contributed by atoms with Crippen molar-refractivity contribution in [1.29, 1.82) is 0 Å². The van der Waals surface area contributed by atoms with Crippen LogP contribution in [0.25, 0.3) is 11.1 Å². The van der Waals surface area contributed by atoms with Gasteiger partial charge in [-0.05, 0) is 66.0 Å². The molecule has 5 heteroatoms. The first-order valence-corrected chi connectivity index (χ1v) is 9.90. The molecule has 3 aromatic rings. The lowest BCUT2D eigenvalue weighted by Gasteiger charge is -2.05. The van der Waals surface area contributed by atoms with Gasteiger partial charge in [0.15, 0.2) is 11.6 Å². The Kier molecular flexibility index (Phi) is 7.19. The summed E-state index contributed by atoms with van der Waals surface area (Å²) in [4.78, 5) is 3.34. The maximum Gasteiger partial charge on any atom is 0.153 e. The van der Waals surface area contributed by atoms with E-state index in [2.05, 4.69) is 48.1 Å². The number of halogens is 3. The molecule has 0 bridgehead atoms. The second kappa shape index (κ2) is 10.0. The first-order valence-electron chi connectivity index (χ1n) is 9.49. The zero-order valence-corrected chi connectivity index (χ0v) is 17.1. The molecule has 0 spiro atoms. The molecule has 150 valence electrons. The first kappa shape index (κ1) is 21.5. The van der Waals surface area contributed by atoms with E-state index in [0.717, 1.165) is 42.5 Å². The Morgan fingerprint density at radius 2 is 1.50 bits per heavy atom. The van der Waals surface area contributed by atoms with Gasteiger partial charge in [0.05, 0.1) is 10.7 Å². The van der Waals surface area contributed by atoms with Gasteiger partial charge in [-0.15, -0.1) is 0 Å². The van der Waals surface area contributed by atoms with Crippen LogP contribution in [0, 0.1) is 29.3 Å². The Labute approximate surface area is 179 Å². The lowest BCUT2D eigenvalue weighted by Crippen LogP contribution is -1.89. The van der Waals surface area contributed by atoms with Gasteiger partial charge in [-0.25, -0.2) is 13.2 Å². The van der Waals surface area contributed by atoms with Crippen LogP contribution in [0.3, 0.4) is 0 Å². The van der Waals surface area contributed by atoms with E-state index in [1.54, 1.807) is 12.1 Å². The molecule has 3 rings (SSSR count). The summed E-state index contributed by atoms with van der Waals surface area (Å²) in [5.74, 6) is 2.88.